The Balaban J connectivity index is 1.27. The van der Waals surface area contributed by atoms with Crippen molar-refractivity contribution in [2.24, 2.45) is 0 Å². The zero-order valence-corrected chi connectivity index (χ0v) is 17.9. The predicted octanol–water partition coefficient (Wildman–Crippen LogP) is 4.46. The van der Waals surface area contributed by atoms with Crippen LogP contribution in [-0.2, 0) is 11.3 Å². The lowest BCUT2D eigenvalue weighted by Crippen LogP contribution is -2.24. The van der Waals surface area contributed by atoms with Crippen LogP contribution in [0, 0.1) is 0 Å². The number of nitrogens with zero attached hydrogens (tertiary/aromatic N) is 2. The molecule has 2 aromatic heterocycles. The summed E-state index contributed by atoms with van der Waals surface area (Å²) in [5.41, 5.74) is 2.66. The average molecular weight is 451 g/mol. The van der Waals surface area contributed by atoms with Crippen LogP contribution in [-0.4, -0.2) is 27.8 Å². The smallest absolute Gasteiger partial charge is 0.257 e. The van der Waals surface area contributed by atoms with Gasteiger partial charge in [-0.1, -0.05) is 65.6 Å². The Morgan fingerprint density at radius 1 is 0.935 bits per heavy atom. The van der Waals surface area contributed by atoms with Crippen LogP contribution >= 0.6 is 23.1 Å². The van der Waals surface area contributed by atoms with E-state index in [1.165, 1.54) is 23.1 Å². The van der Waals surface area contributed by atoms with Gasteiger partial charge in [0.15, 0.2) is 4.34 Å². The van der Waals surface area contributed by atoms with Crippen LogP contribution in [0.5, 0.6) is 0 Å². The average Bonchev–Trinajstić information content (AvgIpc) is 3.49. The second-order valence-electron chi connectivity index (χ2n) is 6.42. The van der Waals surface area contributed by atoms with E-state index >= 15 is 0 Å². The Morgan fingerprint density at radius 2 is 1.71 bits per heavy atom. The van der Waals surface area contributed by atoms with Crippen molar-refractivity contribution in [1.82, 2.24) is 15.5 Å². The number of carbonyl (C=O) groups excluding carboxylic acids is 2. The molecule has 4 aromatic rings. The minimum Gasteiger partial charge on any atom is -0.467 e. The molecule has 0 aliphatic rings. The van der Waals surface area contributed by atoms with Crippen molar-refractivity contribution in [2.45, 2.75) is 10.9 Å². The Labute approximate surface area is 186 Å². The van der Waals surface area contributed by atoms with Crippen LogP contribution in [0.1, 0.15) is 16.1 Å². The molecule has 0 unspecified atom stereocenters. The van der Waals surface area contributed by atoms with Crippen molar-refractivity contribution in [1.29, 1.82) is 0 Å². The SMILES string of the molecule is O=C(CSc1nnc(NC(=O)c2ccc(-c3ccccc3)cc2)s1)NCc1ccco1. The first-order valence-electron chi connectivity index (χ1n) is 9.39. The maximum Gasteiger partial charge on any atom is 0.257 e. The fraction of sp³-hybridized carbons (Fsp3) is 0.0909. The molecule has 0 saturated carbocycles. The van der Waals surface area contributed by atoms with Gasteiger partial charge in [-0.25, -0.2) is 0 Å². The van der Waals surface area contributed by atoms with Gasteiger partial charge in [0.2, 0.25) is 11.0 Å². The molecule has 31 heavy (non-hydrogen) atoms. The van der Waals surface area contributed by atoms with Crippen molar-refractivity contribution < 1.29 is 14.0 Å². The third kappa shape index (κ3) is 5.80. The summed E-state index contributed by atoms with van der Waals surface area (Å²) in [6, 6.07) is 20.9. The molecule has 2 heterocycles. The summed E-state index contributed by atoms with van der Waals surface area (Å²) in [5, 5.41) is 13.9. The number of amides is 2. The molecule has 2 aromatic carbocycles. The Hall–Kier alpha value is -3.43. The van der Waals surface area contributed by atoms with Crippen LogP contribution in [0.3, 0.4) is 0 Å². The molecule has 0 saturated heterocycles. The minimum absolute atomic E-state index is 0.138. The normalized spacial score (nSPS) is 10.6. The van der Waals surface area contributed by atoms with E-state index in [1.807, 2.05) is 42.5 Å². The van der Waals surface area contributed by atoms with Crippen LogP contribution in [0.2, 0.25) is 0 Å². The Kier molecular flexibility index (Phi) is 6.75. The van der Waals surface area contributed by atoms with E-state index in [0.717, 1.165) is 11.1 Å². The van der Waals surface area contributed by atoms with Gasteiger partial charge in [-0.2, -0.15) is 0 Å². The number of rotatable bonds is 8. The minimum atomic E-state index is -0.261. The van der Waals surface area contributed by atoms with Gasteiger partial charge in [0.05, 0.1) is 18.6 Å². The second-order valence-corrected chi connectivity index (χ2v) is 8.62. The summed E-state index contributed by atoms with van der Waals surface area (Å²) in [6.45, 7) is 0.340. The van der Waals surface area contributed by atoms with E-state index in [-0.39, 0.29) is 17.6 Å². The molecule has 0 radical (unpaired) electrons. The Morgan fingerprint density at radius 3 is 2.45 bits per heavy atom. The number of aromatic nitrogens is 2. The predicted molar refractivity (Wildman–Crippen MR) is 121 cm³/mol. The van der Waals surface area contributed by atoms with Crippen molar-refractivity contribution in [2.75, 3.05) is 11.1 Å². The quantitative estimate of drug-likeness (QED) is 0.304. The van der Waals surface area contributed by atoms with Crippen molar-refractivity contribution in [3.8, 4) is 11.1 Å². The second kappa shape index (κ2) is 10.1. The molecular weight excluding hydrogens is 432 g/mol. The molecular formula is C22H18N4O3S2. The van der Waals surface area contributed by atoms with Gasteiger partial charge in [-0.15, -0.1) is 10.2 Å². The van der Waals surface area contributed by atoms with E-state index in [9.17, 15) is 9.59 Å². The van der Waals surface area contributed by atoms with E-state index in [0.29, 0.717) is 27.3 Å². The molecule has 0 fully saturated rings. The van der Waals surface area contributed by atoms with Crippen molar-refractivity contribution in [3.63, 3.8) is 0 Å². The lowest BCUT2D eigenvalue weighted by Gasteiger charge is -2.04. The fourth-order valence-electron chi connectivity index (χ4n) is 2.71. The molecule has 0 atom stereocenters. The van der Waals surface area contributed by atoms with Crippen LogP contribution in [0.4, 0.5) is 5.13 Å². The number of hydrogen-bond donors (Lipinski definition) is 2. The van der Waals surface area contributed by atoms with Gasteiger partial charge >= 0.3 is 0 Å². The topological polar surface area (TPSA) is 97.1 Å². The first kappa shape index (κ1) is 20.8. The van der Waals surface area contributed by atoms with Gasteiger partial charge in [-0.3, -0.25) is 14.9 Å². The Bertz CT molecular complexity index is 1140. The van der Waals surface area contributed by atoms with Gasteiger partial charge < -0.3 is 9.73 Å². The van der Waals surface area contributed by atoms with Crippen molar-refractivity contribution in [3.05, 3.63) is 84.3 Å². The molecule has 9 heteroatoms. The summed E-state index contributed by atoms with van der Waals surface area (Å²) < 4.78 is 5.77. The number of benzene rings is 2. The number of nitrogens with one attached hydrogen (secondary N) is 2. The number of thioether (sulfide) groups is 1. The highest BCUT2D eigenvalue weighted by Crippen LogP contribution is 2.26. The molecule has 7 nitrogen and oxygen atoms in total. The standard InChI is InChI=1S/C22H18N4O3S2/c27-19(23-13-18-7-4-12-29-18)14-30-22-26-25-21(31-22)24-20(28)17-10-8-16(9-11-17)15-5-2-1-3-6-15/h1-12H,13-14H2,(H,23,27)(H,24,25,28). The van der Waals surface area contributed by atoms with E-state index in [2.05, 4.69) is 20.8 Å². The first-order valence-corrected chi connectivity index (χ1v) is 11.2. The highest BCUT2D eigenvalue weighted by molar-refractivity contribution is 8.01. The molecule has 0 spiro atoms. The van der Waals surface area contributed by atoms with E-state index in [1.54, 1.807) is 30.5 Å². The van der Waals surface area contributed by atoms with Crippen LogP contribution < -0.4 is 10.6 Å². The van der Waals surface area contributed by atoms with Crippen molar-refractivity contribution >= 4 is 40.0 Å². The van der Waals surface area contributed by atoms with Gasteiger partial charge in [0.25, 0.3) is 5.91 Å². The molecule has 2 N–H and O–H groups in total. The summed E-state index contributed by atoms with van der Waals surface area (Å²) in [5.74, 6) is 0.491. The summed E-state index contributed by atoms with van der Waals surface area (Å²) in [7, 11) is 0. The summed E-state index contributed by atoms with van der Waals surface area (Å²) >= 11 is 2.48. The third-order valence-corrected chi connectivity index (χ3v) is 6.22. The molecule has 0 bridgehead atoms. The molecule has 4 rings (SSSR count). The zero-order chi connectivity index (χ0) is 21.5. The monoisotopic (exact) mass is 450 g/mol. The number of hydrogen-bond acceptors (Lipinski definition) is 7. The summed E-state index contributed by atoms with van der Waals surface area (Å²) in [4.78, 5) is 24.4. The lowest BCUT2D eigenvalue weighted by molar-refractivity contribution is -0.118. The third-order valence-electron chi connectivity index (χ3n) is 4.25. The maximum atomic E-state index is 12.5. The van der Waals surface area contributed by atoms with E-state index < -0.39 is 0 Å². The fourth-order valence-corrected chi connectivity index (χ4v) is 4.29. The largest absolute Gasteiger partial charge is 0.467 e. The van der Waals surface area contributed by atoms with Gasteiger partial charge in [0.1, 0.15) is 5.76 Å². The highest BCUT2D eigenvalue weighted by Gasteiger charge is 2.12. The molecule has 156 valence electrons. The van der Waals surface area contributed by atoms with E-state index in [4.69, 9.17) is 4.42 Å². The number of anilines is 1. The van der Waals surface area contributed by atoms with Gasteiger partial charge in [-0.05, 0) is 35.4 Å². The maximum absolute atomic E-state index is 12.5. The molecule has 0 aliphatic carbocycles. The van der Waals surface area contributed by atoms with Crippen LogP contribution in [0.15, 0.2) is 81.8 Å². The molecule has 2 amide bonds. The summed E-state index contributed by atoms with van der Waals surface area (Å²) in [6.07, 6.45) is 1.56. The number of furan rings is 1. The highest BCUT2D eigenvalue weighted by atomic mass is 32.2. The first-order chi connectivity index (χ1) is 15.2. The zero-order valence-electron chi connectivity index (χ0n) is 16.3. The lowest BCUT2D eigenvalue weighted by atomic mass is 10.0. The number of carbonyl (C=O) groups is 2. The van der Waals surface area contributed by atoms with Gasteiger partial charge in [0, 0.05) is 5.56 Å². The molecule has 0 aliphatic heterocycles. The van der Waals surface area contributed by atoms with Crippen LogP contribution in [0.25, 0.3) is 11.1 Å².